The molecule has 0 bridgehead atoms. The molecule has 1 amide bonds. The average molecular weight is 244 g/mol. The Morgan fingerprint density at radius 3 is 2.47 bits per heavy atom. The van der Waals surface area contributed by atoms with Gasteiger partial charge in [0, 0.05) is 19.6 Å². The lowest BCUT2D eigenvalue weighted by Gasteiger charge is -2.26. The lowest BCUT2D eigenvalue weighted by molar-refractivity contribution is -0.139. The number of aliphatic hydroxyl groups excluding tert-OH is 1. The van der Waals surface area contributed by atoms with E-state index in [1.54, 1.807) is 4.90 Å². The van der Waals surface area contributed by atoms with Crippen molar-refractivity contribution in [1.29, 1.82) is 0 Å². The molecule has 17 heavy (non-hydrogen) atoms. The van der Waals surface area contributed by atoms with Crippen molar-refractivity contribution in [1.82, 2.24) is 10.2 Å². The van der Waals surface area contributed by atoms with Crippen LogP contribution in [0.2, 0.25) is 0 Å². The molecule has 6 heteroatoms. The van der Waals surface area contributed by atoms with E-state index in [4.69, 9.17) is 5.11 Å². The van der Waals surface area contributed by atoms with Crippen molar-refractivity contribution < 1.29 is 19.8 Å². The van der Waals surface area contributed by atoms with Gasteiger partial charge in [0.2, 0.25) is 5.91 Å². The van der Waals surface area contributed by atoms with Crippen molar-refractivity contribution in [3.63, 3.8) is 0 Å². The number of carboxylic acids is 1. The number of rotatable bonds is 6. The quantitative estimate of drug-likeness (QED) is 0.582. The number of hydrogen-bond donors (Lipinski definition) is 3. The lowest BCUT2D eigenvalue weighted by Crippen LogP contribution is -2.42. The maximum absolute atomic E-state index is 11.7. The van der Waals surface area contributed by atoms with Crippen molar-refractivity contribution >= 4 is 11.9 Å². The molecule has 0 aromatic heterocycles. The summed E-state index contributed by atoms with van der Waals surface area (Å²) in [5.74, 6) is -1.02. The van der Waals surface area contributed by atoms with Crippen molar-refractivity contribution in [2.24, 2.45) is 0 Å². The van der Waals surface area contributed by atoms with Crippen molar-refractivity contribution in [2.45, 2.75) is 31.8 Å². The van der Waals surface area contributed by atoms with Gasteiger partial charge >= 0.3 is 5.97 Å². The predicted molar refractivity (Wildman–Crippen MR) is 61.6 cm³/mol. The summed E-state index contributed by atoms with van der Waals surface area (Å²) in [6, 6.07) is 0. The Morgan fingerprint density at radius 1 is 1.24 bits per heavy atom. The topological polar surface area (TPSA) is 89.9 Å². The average Bonchev–Trinajstić information content (AvgIpc) is 2.29. The first-order chi connectivity index (χ1) is 8.09. The summed E-state index contributed by atoms with van der Waals surface area (Å²) in [6.45, 7) is 1.90. The van der Waals surface area contributed by atoms with E-state index < -0.39 is 12.1 Å². The molecule has 0 radical (unpaired) electrons. The molecule has 1 fully saturated rings. The Kier molecular flexibility index (Phi) is 5.93. The number of hydrogen-bond acceptors (Lipinski definition) is 4. The molecular weight excluding hydrogens is 224 g/mol. The van der Waals surface area contributed by atoms with Crippen molar-refractivity contribution in [2.75, 3.05) is 26.2 Å². The normalized spacial score (nSPS) is 17.8. The highest BCUT2D eigenvalue weighted by Gasteiger charge is 2.16. The van der Waals surface area contributed by atoms with E-state index in [2.05, 4.69) is 5.32 Å². The van der Waals surface area contributed by atoms with Gasteiger partial charge in [-0.3, -0.25) is 9.59 Å². The third-order valence-corrected chi connectivity index (χ3v) is 2.78. The second-order valence-corrected chi connectivity index (χ2v) is 4.32. The summed E-state index contributed by atoms with van der Waals surface area (Å²) in [6.07, 6.45) is 2.03. The first kappa shape index (κ1) is 13.9. The standard InChI is InChI=1S/C11H20N2O4/c14-9(6-11(16)17)7-12-8-10(15)13-4-2-1-3-5-13/h9,12,14H,1-8H2,(H,16,17). The molecule has 0 spiro atoms. The van der Waals surface area contributed by atoms with Crippen LogP contribution in [0.4, 0.5) is 0 Å². The first-order valence-electron chi connectivity index (χ1n) is 5.98. The third kappa shape index (κ3) is 5.65. The van der Waals surface area contributed by atoms with Crippen LogP contribution in [0.25, 0.3) is 0 Å². The second-order valence-electron chi connectivity index (χ2n) is 4.32. The predicted octanol–water partition coefficient (Wildman–Crippen LogP) is -0.576. The number of aliphatic hydroxyl groups is 1. The van der Waals surface area contributed by atoms with Crippen LogP contribution in [0.5, 0.6) is 0 Å². The molecule has 0 aromatic rings. The van der Waals surface area contributed by atoms with Crippen molar-refractivity contribution in [3.05, 3.63) is 0 Å². The molecule has 0 saturated carbocycles. The van der Waals surface area contributed by atoms with Crippen LogP contribution >= 0.6 is 0 Å². The SMILES string of the molecule is O=C(O)CC(O)CNCC(=O)N1CCCCC1. The van der Waals surface area contributed by atoms with Crippen LogP contribution in [0.1, 0.15) is 25.7 Å². The number of likely N-dealkylation sites (tertiary alicyclic amines) is 1. The molecule has 1 heterocycles. The summed E-state index contributed by atoms with van der Waals surface area (Å²) < 4.78 is 0. The summed E-state index contributed by atoms with van der Waals surface area (Å²) >= 11 is 0. The van der Waals surface area contributed by atoms with Gasteiger partial charge in [0.05, 0.1) is 19.1 Å². The zero-order valence-corrected chi connectivity index (χ0v) is 9.89. The fraction of sp³-hybridized carbons (Fsp3) is 0.818. The highest BCUT2D eigenvalue weighted by Crippen LogP contribution is 2.08. The zero-order valence-electron chi connectivity index (χ0n) is 9.89. The number of aliphatic carboxylic acids is 1. The van der Waals surface area contributed by atoms with E-state index in [1.165, 1.54) is 6.42 Å². The van der Waals surface area contributed by atoms with E-state index in [9.17, 15) is 14.7 Å². The summed E-state index contributed by atoms with van der Waals surface area (Å²) in [5, 5.41) is 20.5. The molecular formula is C11H20N2O4. The van der Waals surface area contributed by atoms with Gasteiger partial charge in [-0.15, -0.1) is 0 Å². The Labute approximate surface area is 101 Å². The molecule has 1 unspecified atom stereocenters. The lowest BCUT2D eigenvalue weighted by atomic mass is 10.1. The molecule has 1 rings (SSSR count). The van der Waals surface area contributed by atoms with Crippen LogP contribution < -0.4 is 5.32 Å². The number of carbonyl (C=O) groups is 2. The van der Waals surface area contributed by atoms with Gasteiger partial charge in [0.25, 0.3) is 0 Å². The number of nitrogens with one attached hydrogen (secondary N) is 1. The van der Waals surface area contributed by atoms with Crippen molar-refractivity contribution in [3.8, 4) is 0 Å². The summed E-state index contributed by atoms with van der Waals surface area (Å²) in [7, 11) is 0. The van der Waals surface area contributed by atoms with Gasteiger partial charge in [-0.05, 0) is 19.3 Å². The molecule has 1 aliphatic heterocycles. The van der Waals surface area contributed by atoms with E-state index in [0.717, 1.165) is 25.9 Å². The van der Waals surface area contributed by atoms with Gasteiger partial charge in [-0.1, -0.05) is 0 Å². The van der Waals surface area contributed by atoms with Crippen LogP contribution in [-0.2, 0) is 9.59 Å². The Bertz CT molecular complexity index is 264. The molecule has 6 nitrogen and oxygen atoms in total. The smallest absolute Gasteiger partial charge is 0.306 e. The third-order valence-electron chi connectivity index (χ3n) is 2.78. The highest BCUT2D eigenvalue weighted by molar-refractivity contribution is 5.78. The number of carbonyl (C=O) groups excluding carboxylic acids is 1. The molecule has 3 N–H and O–H groups in total. The minimum Gasteiger partial charge on any atom is -0.481 e. The fourth-order valence-electron chi connectivity index (χ4n) is 1.87. The maximum atomic E-state index is 11.7. The number of nitrogens with zero attached hydrogens (tertiary/aromatic N) is 1. The maximum Gasteiger partial charge on any atom is 0.306 e. The molecule has 0 aromatic carbocycles. The summed E-state index contributed by atoms with van der Waals surface area (Å²) in [5.41, 5.74) is 0. The fourth-order valence-corrected chi connectivity index (χ4v) is 1.87. The molecule has 98 valence electrons. The van der Waals surface area contributed by atoms with Crippen LogP contribution in [0.15, 0.2) is 0 Å². The Balaban J connectivity index is 2.12. The van der Waals surface area contributed by atoms with E-state index in [-0.39, 0.29) is 25.4 Å². The monoisotopic (exact) mass is 244 g/mol. The van der Waals surface area contributed by atoms with Crippen LogP contribution in [-0.4, -0.2) is 59.3 Å². The van der Waals surface area contributed by atoms with Gasteiger partial charge < -0.3 is 20.4 Å². The molecule has 0 aliphatic carbocycles. The van der Waals surface area contributed by atoms with Gasteiger partial charge in [0.15, 0.2) is 0 Å². The largest absolute Gasteiger partial charge is 0.481 e. The molecule has 1 atom stereocenters. The zero-order chi connectivity index (χ0) is 12.7. The first-order valence-corrected chi connectivity index (χ1v) is 5.98. The van der Waals surface area contributed by atoms with Crippen LogP contribution in [0.3, 0.4) is 0 Å². The van der Waals surface area contributed by atoms with Gasteiger partial charge in [-0.2, -0.15) is 0 Å². The Hall–Kier alpha value is -1.14. The highest BCUT2D eigenvalue weighted by atomic mass is 16.4. The van der Waals surface area contributed by atoms with E-state index in [0.29, 0.717) is 0 Å². The number of piperidine rings is 1. The van der Waals surface area contributed by atoms with Crippen LogP contribution in [0, 0.1) is 0 Å². The molecule has 1 saturated heterocycles. The minimum absolute atomic E-state index is 0.0206. The van der Waals surface area contributed by atoms with Gasteiger partial charge in [-0.25, -0.2) is 0 Å². The number of amides is 1. The van der Waals surface area contributed by atoms with E-state index >= 15 is 0 Å². The summed E-state index contributed by atoms with van der Waals surface area (Å²) in [4.78, 5) is 23.8. The number of carboxylic acid groups (broad SMARTS) is 1. The minimum atomic E-state index is -1.04. The Morgan fingerprint density at radius 2 is 1.88 bits per heavy atom. The van der Waals surface area contributed by atoms with Gasteiger partial charge in [0.1, 0.15) is 0 Å². The molecule has 1 aliphatic rings. The van der Waals surface area contributed by atoms with E-state index in [1.807, 2.05) is 0 Å². The second kappa shape index (κ2) is 7.24.